The molecule has 198 valence electrons. The number of benzene rings is 3. The van der Waals surface area contributed by atoms with Crippen molar-refractivity contribution in [3.05, 3.63) is 101 Å². The Morgan fingerprint density at radius 2 is 1.66 bits per heavy atom. The van der Waals surface area contributed by atoms with Crippen LogP contribution in [-0.4, -0.2) is 60.4 Å². The van der Waals surface area contributed by atoms with Crippen LogP contribution in [0.15, 0.2) is 78.4 Å². The molecule has 1 aliphatic rings. The second-order valence-electron chi connectivity index (χ2n) is 9.58. The van der Waals surface area contributed by atoms with E-state index < -0.39 is 17.7 Å². The maximum atomic E-state index is 13.3. The van der Waals surface area contributed by atoms with Gasteiger partial charge < -0.3 is 24.4 Å². The molecule has 0 saturated carbocycles. The van der Waals surface area contributed by atoms with E-state index in [1.165, 1.54) is 4.90 Å². The first-order chi connectivity index (χ1) is 18.3. The molecule has 38 heavy (non-hydrogen) atoms. The summed E-state index contributed by atoms with van der Waals surface area (Å²) in [6.45, 7) is 5.49. The Labute approximate surface area is 223 Å². The van der Waals surface area contributed by atoms with Gasteiger partial charge in [-0.05, 0) is 51.2 Å². The van der Waals surface area contributed by atoms with Gasteiger partial charge in [-0.15, -0.1) is 0 Å². The van der Waals surface area contributed by atoms with E-state index >= 15 is 0 Å². The molecule has 3 aromatic rings. The maximum Gasteiger partial charge on any atom is 0.295 e. The van der Waals surface area contributed by atoms with Gasteiger partial charge in [-0.1, -0.05) is 66.2 Å². The summed E-state index contributed by atoms with van der Waals surface area (Å²) >= 11 is 0. The minimum Gasteiger partial charge on any atom is -0.507 e. The van der Waals surface area contributed by atoms with Crippen LogP contribution < -0.4 is 9.47 Å². The number of aliphatic hydroxyl groups excluding tert-OH is 1. The Balaban J connectivity index is 1.77. The van der Waals surface area contributed by atoms with Crippen molar-refractivity contribution in [2.75, 3.05) is 33.8 Å². The summed E-state index contributed by atoms with van der Waals surface area (Å²) in [7, 11) is 3.81. The average Bonchev–Trinajstić information content (AvgIpc) is 3.17. The van der Waals surface area contributed by atoms with Gasteiger partial charge >= 0.3 is 0 Å². The molecule has 7 nitrogen and oxygen atoms in total. The van der Waals surface area contributed by atoms with Crippen molar-refractivity contribution in [1.82, 2.24) is 9.80 Å². The first-order valence-electron chi connectivity index (χ1n) is 12.7. The van der Waals surface area contributed by atoms with Gasteiger partial charge in [0.05, 0.1) is 18.2 Å². The molecular weight excluding hydrogens is 480 g/mol. The van der Waals surface area contributed by atoms with Crippen molar-refractivity contribution >= 4 is 17.4 Å². The zero-order valence-electron chi connectivity index (χ0n) is 22.3. The SMILES string of the molecule is CCOc1cc(C2C(=C(O)c3ccc(C)cc3)C(=O)C(=O)N2CCN(C)C)ccc1OCc1ccccc1. The Morgan fingerprint density at radius 1 is 0.947 bits per heavy atom. The molecule has 1 amide bonds. The molecule has 1 N–H and O–H groups in total. The number of aliphatic hydroxyl groups is 1. The largest absolute Gasteiger partial charge is 0.507 e. The van der Waals surface area contributed by atoms with Crippen molar-refractivity contribution in [1.29, 1.82) is 0 Å². The minimum atomic E-state index is -0.765. The molecule has 1 saturated heterocycles. The lowest BCUT2D eigenvalue weighted by atomic mass is 9.94. The summed E-state index contributed by atoms with van der Waals surface area (Å²) in [4.78, 5) is 30.0. The topological polar surface area (TPSA) is 79.3 Å². The number of hydrogen-bond donors (Lipinski definition) is 1. The second kappa shape index (κ2) is 12.0. The molecule has 7 heteroatoms. The summed E-state index contributed by atoms with van der Waals surface area (Å²) in [5.74, 6) is -0.456. The van der Waals surface area contributed by atoms with E-state index in [1.807, 2.05) is 81.4 Å². The predicted molar refractivity (Wildman–Crippen MR) is 147 cm³/mol. The van der Waals surface area contributed by atoms with Gasteiger partial charge in [-0.3, -0.25) is 9.59 Å². The molecule has 0 aromatic heterocycles. The number of nitrogens with zero attached hydrogens (tertiary/aromatic N) is 2. The molecule has 1 atom stereocenters. The Bertz CT molecular complexity index is 1320. The van der Waals surface area contributed by atoms with E-state index in [0.717, 1.165) is 11.1 Å². The zero-order chi connectivity index (χ0) is 27.2. The Hall–Kier alpha value is -4.10. The van der Waals surface area contributed by atoms with Crippen LogP contribution in [-0.2, 0) is 16.2 Å². The van der Waals surface area contributed by atoms with Crippen molar-refractivity contribution in [3.63, 3.8) is 0 Å². The number of rotatable bonds is 10. The van der Waals surface area contributed by atoms with Crippen LogP contribution in [0.5, 0.6) is 11.5 Å². The minimum absolute atomic E-state index is 0.0676. The maximum absolute atomic E-state index is 13.3. The van der Waals surface area contributed by atoms with Crippen molar-refractivity contribution in [2.24, 2.45) is 0 Å². The predicted octanol–water partition coefficient (Wildman–Crippen LogP) is 4.96. The highest BCUT2D eigenvalue weighted by Gasteiger charge is 2.46. The fourth-order valence-corrected chi connectivity index (χ4v) is 4.45. The number of carbonyl (C=O) groups is 2. The molecule has 3 aromatic carbocycles. The number of Topliss-reactive ketones (excluding diaryl/α,β-unsaturated/α-hetero) is 1. The molecule has 1 unspecified atom stereocenters. The monoisotopic (exact) mass is 514 g/mol. The second-order valence-corrected chi connectivity index (χ2v) is 9.58. The lowest BCUT2D eigenvalue weighted by Gasteiger charge is -2.27. The third-order valence-electron chi connectivity index (χ3n) is 6.47. The molecule has 1 aliphatic heterocycles. The van der Waals surface area contributed by atoms with E-state index in [4.69, 9.17) is 9.47 Å². The van der Waals surface area contributed by atoms with Crippen LogP contribution in [0.3, 0.4) is 0 Å². The highest BCUT2D eigenvalue weighted by Crippen LogP contribution is 2.42. The number of ketones is 1. The summed E-state index contributed by atoms with van der Waals surface area (Å²) in [6.07, 6.45) is 0. The molecule has 4 rings (SSSR count). The van der Waals surface area contributed by atoms with Gasteiger partial charge in [0.2, 0.25) is 0 Å². The van der Waals surface area contributed by atoms with Crippen LogP contribution >= 0.6 is 0 Å². The van der Waals surface area contributed by atoms with Crippen LogP contribution in [0.4, 0.5) is 0 Å². The van der Waals surface area contributed by atoms with Gasteiger partial charge in [-0.25, -0.2) is 0 Å². The fraction of sp³-hybridized carbons (Fsp3) is 0.290. The van der Waals surface area contributed by atoms with E-state index in [1.54, 1.807) is 24.3 Å². The van der Waals surface area contributed by atoms with Gasteiger partial charge in [-0.2, -0.15) is 0 Å². The number of hydrogen-bond acceptors (Lipinski definition) is 6. The molecule has 1 fully saturated rings. The number of amides is 1. The van der Waals surface area contributed by atoms with Crippen molar-refractivity contribution < 1.29 is 24.2 Å². The summed E-state index contributed by atoms with van der Waals surface area (Å²) in [5, 5.41) is 11.3. The van der Waals surface area contributed by atoms with E-state index in [9.17, 15) is 14.7 Å². The molecule has 0 spiro atoms. The third-order valence-corrected chi connectivity index (χ3v) is 6.47. The van der Waals surface area contributed by atoms with Gasteiger partial charge in [0.1, 0.15) is 12.4 Å². The van der Waals surface area contributed by atoms with Gasteiger partial charge in [0, 0.05) is 18.7 Å². The molecule has 1 heterocycles. The lowest BCUT2D eigenvalue weighted by molar-refractivity contribution is -0.140. The van der Waals surface area contributed by atoms with E-state index in [2.05, 4.69) is 0 Å². The molecule has 0 aliphatic carbocycles. The van der Waals surface area contributed by atoms with Crippen molar-refractivity contribution in [2.45, 2.75) is 26.5 Å². The highest BCUT2D eigenvalue weighted by molar-refractivity contribution is 6.46. The Morgan fingerprint density at radius 3 is 2.32 bits per heavy atom. The highest BCUT2D eigenvalue weighted by atomic mass is 16.5. The van der Waals surface area contributed by atoms with Crippen LogP contribution in [0.2, 0.25) is 0 Å². The number of carbonyl (C=O) groups excluding carboxylic acids is 2. The summed E-state index contributed by atoms with van der Waals surface area (Å²) < 4.78 is 12.0. The number of ether oxygens (including phenoxy) is 2. The van der Waals surface area contributed by atoms with Gasteiger partial charge in [0.25, 0.3) is 11.7 Å². The molecule has 0 radical (unpaired) electrons. The lowest BCUT2D eigenvalue weighted by Crippen LogP contribution is -2.35. The van der Waals surface area contributed by atoms with Crippen molar-refractivity contribution in [3.8, 4) is 11.5 Å². The molecular formula is C31H34N2O5. The van der Waals surface area contributed by atoms with Gasteiger partial charge in [0.15, 0.2) is 11.5 Å². The number of likely N-dealkylation sites (tertiary alicyclic amines) is 1. The number of likely N-dealkylation sites (N-methyl/N-ethyl adjacent to an activating group) is 1. The Kier molecular flexibility index (Phi) is 8.48. The first-order valence-corrected chi connectivity index (χ1v) is 12.7. The van der Waals surface area contributed by atoms with Crippen LogP contribution in [0.25, 0.3) is 5.76 Å². The first kappa shape index (κ1) is 26.9. The fourth-order valence-electron chi connectivity index (χ4n) is 4.45. The van der Waals surface area contributed by atoms with E-state index in [-0.39, 0.29) is 11.3 Å². The van der Waals surface area contributed by atoms with Crippen LogP contribution in [0.1, 0.15) is 35.2 Å². The normalized spacial score (nSPS) is 16.8. The van der Waals surface area contributed by atoms with Crippen LogP contribution in [0, 0.1) is 6.92 Å². The summed E-state index contributed by atoms with van der Waals surface area (Å²) in [6, 6.07) is 21.7. The number of aryl methyl sites for hydroxylation is 1. The van der Waals surface area contributed by atoms with E-state index in [0.29, 0.717) is 48.9 Å². The summed E-state index contributed by atoms with van der Waals surface area (Å²) in [5.41, 5.74) is 3.26. The zero-order valence-corrected chi connectivity index (χ0v) is 22.3. The quantitative estimate of drug-likeness (QED) is 0.234. The standard InChI is InChI=1S/C31H34N2O5/c1-5-37-26-19-24(15-16-25(26)38-20-22-9-7-6-8-10-22)28-27(29(34)23-13-11-21(2)12-14-23)30(35)31(36)33(28)18-17-32(3)4/h6-16,19,28,34H,5,17-18,20H2,1-4H3. The third kappa shape index (κ3) is 5.89. The average molecular weight is 515 g/mol. The smallest absolute Gasteiger partial charge is 0.295 e. The molecule has 0 bridgehead atoms.